The van der Waals surface area contributed by atoms with E-state index in [9.17, 15) is 4.39 Å². The van der Waals surface area contributed by atoms with Gasteiger partial charge in [-0.1, -0.05) is 0 Å². The summed E-state index contributed by atoms with van der Waals surface area (Å²) >= 11 is 0. The molecule has 5 heterocycles. The Hall–Kier alpha value is -4.86. The molecule has 1 aromatic carbocycles. The van der Waals surface area contributed by atoms with E-state index in [0.717, 1.165) is 27.7 Å². The number of rotatable bonds is 6. The second kappa shape index (κ2) is 8.98. The Bertz CT molecular complexity index is 1760. The van der Waals surface area contributed by atoms with Crippen LogP contribution < -0.4 is 10.1 Å². The highest BCUT2D eigenvalue weighted by molar-refractivity contribution is 5.96. The number of fused-ring (bicyclic) bond motifs is 2. The van der Waals surface area contributed by atoms with Crippen molar-refractivity contribution >= 4 is 27.8 Å². The maximum atomic E-state index is 14.2. The molecule has 0 unspecified atom stereocenters. The molecule has 0 spiro atoms. The fourth-order valence-electron chi connectivity index (χ4n) is 4.33. The van der Waals surface area contributed by atoms with E-state index < -0.39 is 5.82 Å². The monoisotopic (exact) mass is 494 g/mol. The lowest BCUT2D eigenvalue weighted by molar-refractivity contribution is 0.411. The first kappa shape index (κ1) is 22.6. The van der Waals surface area contributed by atoms with Crippen molar-refractivity contribution in [2.24, 2.45) is 0 Å². The number of hydrogen-bond donors (Lipinski definition) is 3. The summed E-state index contributed by atoms with van der Waals surface area (Å²) in [6, 6.07) is 10.6. The Morgan fingerprint density at radius 2 is 1.81 bits per heavy atom. The fourth-order valence-corrected chi connectivity index (χ4v) is 4.33. The van der Waals surface area contributed by atoms with E-state index in [1.165, 1.54) is 19.2 Å². The van der Waals surface area contributed by atoms with Crippen molar-refractivity contribution in [3.63, 3.8) is 0 Å². The van der Waals surface area contributed by atoms with Crippen molar-refractivity contribution in [2.45, 2.75) is 19.9 Å². The Morgan fingerprint density at radius 1 is 0.946 bits per heavy atom. The zero-order valence-corrected chi connectivity index (χ0v) is 20.4. The quantitative estimate of drug-likeness (QED) is 0.276. The maximum Gasteiger partial charge on any atom is 0.159 e. The number of benzene rings is 1. The normalized spacial score (nSPS) is 11.5. The number of aromatic nitrogens is 7. The third-order valence-electron chi connectivity index (χ3n) is 5.95. The molecular weight excluding hydrogens is 471 g/mol. The minimum Gasteiger partial charge on any atom is -0.497 e. The highest BCUT2D eigenvalue weighted by Crippen LogP contribution is 2.33. The van der Waals surface area contributed by atoms with E-state index in [4.69, 9.17) is 9.72 Å². The summed E-state index contributed by atoms with van der Waals surface area (Å²) in [4.78, 5) is 21.5. The van der Waals surface area contributed by atoms with Crippen molar-refractivity contribution in [2.75, 3.05) is 12.4 Å². The first-order valence-electron chi connectivity index (χ1n) is 11.7. The number of anilines is 1. The summed E-state index contributed by atoms with van der Waals surface area (Å²) in [5.74, 6) is 0.540. The number of pyridine rings is 3. The molecule has 0 bridgehead atoms. The van der Waals surface area contributed by atoms with E-state index in [1.54, 1.807) is 30.9 Å². The molecule has 0 aliphatic rings. The number of nitrogens with zero attached hydrogens (tertiary/aromatic N) is 5. The van der Waals surface area contributed by atoms with Crippen LogP contribution in [-0.2, 0) is 0 Å². The first-order valence-corrected chi connectivity index (χ1v) is 11.7. The highest BCUT2D eigenvalue weighted by atomic mass is 19.1. The molecule has 10 heteroatoms. The van der Waals surface area contributed by atoms with Gasteiger partial charge in [0.2, 0.25) is 0 Å². The summed E-state index contributed by atoms with van der Waals surface area (Å²) in [6.07, 6.45) is 7.05. The van der Waals surface area contributed by atoms with Crippen LogP contribution in [0.25, 0.3) is 56.0 Å². The SMILES string of the molecule is COc1cc(F)cc(-c2nccc3[nH]c(-c4n[nH]c5ncc(-c6cncc(NC(C)C)c6)cc45)nc23)c1. The smallest absolute Gasteiger partial charge is 0.159 e. The van der Waals surface area contributed by atoms with Crippen LogP contribution in [0.1, 0.15) is 13.8 Å². The zero-order valence-electron chi connectivity index (χ0n) is 20.4. The van der Waals surface area contributed by atoms with Crippen LogP contribution in [0.15, 0.2) is 61.2 Å². The lowest BCUT2D eigenvalue weighted by Gasteiger charge is -2.10. The molecule has 0 fully saturated rings. The Morgan fingerprint density at radius 3 is 2.65 bits per heavy atom. The van der Waals surface area contributed by atoms with Crippen LogP contribution in [0.5, 0.6) is 5.75 Å². The van der Waals surface area contributed by atoms with Crippen molar-refractivity contribution in [1.29, 1.82) is 0 Å². The summed E-state index contributed by atoms with van der Waals surface area (Å²) in [5.41, 5.74) is 6.48. The number of ether oxygens (including phenoxy) is 1. The Kier molecular flexibility index (Phi) is 5.48. The minimum atomic E-state index is -0.414. The number of nitrogens with one attached hydrogen (secondary N) is 3. The molecule has 0 amide bonds. The molecule has 0 saturated carbocycles. The number of hydrogen-bond acceptors (Lipinski definition) is 7. The molecule has 9 nitrogen and oxygen atoms in total. The lowest BCUT2D eigenvalue weighted by atomic mass is 10.1. The predicted octanol–water partition coefficient (Wildman–Crippen LogP) is 5.59. The zero-order chi connectivity index (χ0) is 25.5. The van der Waals surface area contributed by atoms with Crippen molar-refractivity contribution in [3.8, 4) is 39.7 Å². The van der Waals surface area contributed by atoms with Gasteiger partial charge in [0.05, 0.1) is 29.4 Å². The number of halogens is 1. The third-order valence-corrected chi connectivity index (χ3v) is 5.95. The van der Waals surface area contributed by atoms with Crippen LogP contribution in [0.3, 0.4) is 0 Å². The highest BCUT2D eigenvalue weighted by Gasteiger charge is 2.18. The average molecular weight is 495 g/mol. The minimum absolute atomic E-state index is 0.291. The topological polar surface area (TPSA) is 117 Å². The molecule has 37 heavy (non-hydrogen) atoms. The molecule has 3 N–H and O–H groups in total. The third kappa shape index (κ3) is 4.22. The fraction of sp³-hybridized carbons (Fsp3) is 0.148. The van der Waals surface area contributed by atoms with Crippen LogP contribution in [0.2, 0.25) is 0 Å². The van der Waals surface area contributed by atoms with Gasteiger partial charge in [0.25, 0.3) is 0 Å². The summed E-state index contributed by atoms with van der Waals surface area (Å²) in [6.45, 7) is 4.16. The molecule has 0 saturated heterocycles. The van der Waals surface area contributed by atoms with Gasteiger partial charge in [-0.15, -0.1) is 0 Å². The Balaban J connectivity index is 1.45. The number of methoxy groups -OCH3 is 1. The Labute approximate surface area is 211 Å². The molecule has 0 atom stereocenters. The van der Waals surface area contributed by atoms with E-state index in [0.29, 0.717) is 45.7 Å². The van der Waals surface area contributed by atoms with Gasteiger partial charge in [-0.3, -0.25) is 15.1 Å². The number of H-pyrrole nitrogens is 2. The summed E-state index contributed by atoms with van der Waals surface area (Å²) in [7, 11) is 1.50. The summed E-state index contributed by atoms with van der Waals surface area (Å²) < 4.78 is 19.4. The molecule has 184 valence electrons. The molecule has 6 aromatic rings. The van der Waals surface area contributed by atoms with Gasteiger partial charge in [-0.25, -0.2) is 14.4 Å². The summed E-state index contributed by atoms with van der Waals surface area (Å²) in [5, 5.41) is 11.7. The van der Waals surface area contributed by atoms with Gasteiger partial charge in [0.15, 0.2) is 11.5 Å². The first-order chi connectivity index (χ1) is 18.0. The van der Waals surface area contributed by atoms with Crippen LogP contribution in [-0.4, -0.2) is 48.3 Å². The second-order valence-electron chi connectivity index (χ2n) is 8.97. The van der Waals surface area contributed by atoms with E-state index >= 15 is 0 Å². The van der Waals surface area contributed by atoms with Gasteiger partial charge >= 0.3 is 0 Å². The predicted molar refractivity (Wildman–Crippen MR) is 141 cm³/mol. The molecule has 0 aliphatic carbocycles. The largest absolute Gasteiger partial charge is 0.497 e. The van der Waals surface area contributed by atoms with Gasteiger partial charge in [0, 0.05) is 53.6 Å². The van der Waals surface area contributed by atoms with Crippen molar-refractivity contribution in [1.82, 2.24) is 35.1 Å². The van der Waals surface area contributed by atoms with Gasteiger partial charge in [0.1, 0.15) is 22.8 Å². The van der Waals surface area contributed by atoms with Crippen LogP contribution in [0.4, 0.5) is 10.1 Å². The van der Waals surface area contributed by atoms with Gasteiger partial charge in [-0.05, 0) is 44.2 Å². The van der Waals surface area contributed by atoms with Gasteiger partial charge < -0.3 is 15.0 Å². The average Bonchev–Trinajstić information content (AvgIpc) is 3.51. The van der Waals surface area contributed by atoms with Crippen LogP contribution in [0, 0.1) is 5.82 Å². The number of imidazole rings is 1. The van der Waals surface area contributed by atoms with Gasteiger partial charge in [-0.2, -0.15) is 5.10 Å². The van der Waals surface area contributed by atoms with Crippen molar-refractivity contribution in [3.05, 3.63) is 67.0 Å². The molecular formula is C27H23FN8O. The number of aromatic amines is 2. The molecule has 0 radical (unpaired) electrons. The maximum absolute atomic E-state index is 14.2. The molecule has 6 rings (SSSR count). The second-order valence-corrected chi connectivity index (χ2v) is 8.97. The standard InChI is InChI=1S/C27H23FN8O/c1-14(2)32-19-7-16(11-29-13-19)17-9-21-24(35-36-26(21)31-12-17)27-33-22-4-5-30-23(25(22)34-27)15-6-18(28)10-20(8-15)37-3/h4-14,32H,1-3H3,(H,33,34)(H,31,35,36). The molecule has 0 aliphatic heterocycles. The van der Waals surface area contributed by atoms with E-state index in [-0.39, 0.29) is 0 Å². The van der Waals surface area contributed by atoms with Crippen molar-refractivity contribution < 1.29 is 9.13 Å². The van der Waals surface area contributed by atoms with Crippen LogP contribution >= 0.6 is 0 Å². The molecule has 5 aromatic heterocycles. The van der Waals surface area contributed by atoms with E-state index in [1.807, 2.05) is 18.2 Å². The van der Waals surface area contributed by atoms with E-state index in [2.05, 4.69) is 49.3 Å². The lowest BCUT2D eigenvalue weighted by Crippen LogP contribution is -2.09.